The Balaban J connectivity index is 2.93. The second kappa shape index (κ2) is 7.76. The summed E-state index contributed by atoms with van der Waals surface area (Å²) < 4.78 is 35.7. The lowest BCUT2D eigenvalue weighted by molar-refractivity contribution is -0.138. The number of amides is 1. The predicted molar refractivity (Wildman–Crippen MR) is 77.5 cm³/mol. The van der Waals surface area contributed by atoms with Gasteiger partial charge in [0, 0.05) is 0 Å². The van der Waals surface area contributed by atoms with Crippen molar-refractivity contribution < 1.29 is 32.4 Å². The van der Waals surface area contributed by atoms with Crippen molar-refractivity contribution in [3.05, 3.63) is 29.8 Å². The molecular weight excluding hydrogens is 314 g/mol. The zero-order chi connectivity index (χ0) is 16.8. The standard InChI is InChI=1S/C13H17NO7S/c1-2-7-21-11-6-4-3-5-9(11)12(15)14-10(13(16)17)8-22(18,19)20/h3-6,10H,2,7-8H2,1H3,(H,14,15)(H,16,17)(H,18,19,20). The number of rotatable bonds is 8. The molecule has 0 aliphatic heterocycles. The number of carboxylic acids is 1. The molecule has 1 aromatic carbocycles. The summed E-state index contributed by atoms with van der Waals surface area (Å²) in [7, 11) is -4.55. The van der Waals surface area contributed by atoms with Crippen LogP contribution in [0.15, 0.2) is 24.3 Å². The van der Waals surface area contributed by atoms with Crippen molar-refractivity contribution in [2.75, 3.05) is 12.4 Å². The topological polar surface area (TPSA) is 130 Å². The molecule has 0 aliphatic carbocycles. The number of para-hydroxylation sites is 1. The zero-order valence-electron chi connectivity index (χ0n) is 11.9. The number of nitrogens with one attached hydrogen (secondary N) is 1. The van der Waals surface area contributed by atoms with Gasteiger partial charge in [-0.15, -0.1) is 0 Å². The van der Waals surface area contributed by atoms with Crippen LogP contribution in [0.5, 0.6) is 5.75 Å². The fourth-order valence-corrected chi connectivity index (χ4v) is 2.26. The smallest absolute Gasteiger partial charge is 0.327 e. The van der Waals surface area contributed by atoms with E-state index in [4.69, 9.17) is 14.4 Å². The molecule has 0 spiro atoms. The van der Waals surface area contributed by atoms with E-state index in [0.717, 1.165) is 6.42 Å². The van der Waals surface area contributed by atoms with E-state index in [1.807, 2.05) is 12.2 Å². The normalized spacial score (nSPS) is 12.5. The molecule has 1 aromatic rings. The highest BCUT2D eigenvalue weighted by Crippen LogP contribution is 2.18. The Morgan fingerprint density at radius 1 is 1.32 bits per heavy atom. The number of aliphatic carboxylic acids is 1. The molecule has 9 heteroatoms. The van der Waals surface area contributed by atoms with Gasteiger partial charge in [-0.1, -0.05) is 19.1 Å². The van der Waals surface area contributed by atoms with Crippen molar-refractivity contribution in [1.29, 1.82) is 0 Å². The third kappa shape index (κ3) is 5.70. The number of carbonyl (C=O) groups excluding carboxylic acids is 1. The Labute approximate surface area is 127 Å². The van der Waals surface area contributed by atoms with Crippen LogP contribution in [0.2, 0.25) is 0 Å². The first-order valence-electron chi connectivity index (χ1n) is 6.45. The maximum Gasteiger partial charge on any atom is 0.327 e. The van der Waals surface area contributed by atoms with Gasteiger partial charge in [0.05, 0.1) is 12.2 Å². The number of carbonyl (C=O) groups is 2. The highest BCUT2D eigenvalue weighted by Gasteiger charge is 2.27. The number of hydrogen-bond donors (Lipinski definition) is 3. The van der Waals surface area contributed by atoms with Gasteiger partial charge in [-0.25, -0.2) is 4.79 Å². The quantitative estimate of drug-likeness (QED) is 0.593. The summed E-state index contributed by atoms with van der Waals surface area (Å²) >= 11 is 0. The molecule has 0 saturated carbocycles. The van der Waals surface area contributed by atoms with E-state index in [1.165, 1.54) is 6.07 Å². The first-order chi connectivity index (χ1) is 10.2. The number of benzene rings is 1. The first kappa shape index (κ1) is 17.9. The highest BCUT2D eigenvalue weighted by atomic mass is 32.2. The molecule has 3 N–H and O–H groups in total. The summed E-state index contributed by atoms with van der Waals surface area (Å²) in [5, 5.41) is 11.0. The molecule has 1 atom stereocenters. The largest absolute Gasteiger partial charge is 0.493 e. The van der Waals surface area contributed by atoms with Gasteiger partial charge in [-0.05, 0) is 18.6 Å². The summed E-state index contributed by atoms with van der Waals surface area (Å²) in [5.74, 6) is -3.23. The molecule has 0 aliphatic rings. The predicted octanol–water partition coefficient (Wildman–Crippen LogP) is 0.546. The minimum Gasteiger partial charge on any atom is -0.493 e. The van der Waals surface area contributed by atoms with E-state index < -0.39 is 33.8 Å². The number of hydrogen-bond acceptors (Lipinski definition) is 5. The van der Waals surface area contributed by atoms with Crippen molar-refractivity contribution in [3.63, 3.8) is 0 Å². The Morgan fingerprint density at radius 3 is 2.50 bits per heavy atom. The maximum atomic E-state index is 12.1. The average Bonchev–Trinajstić information content (AvgIpc) is 2.43. The van der Waals surface area contributed by atoms with Gasteiger partial charge in [-0.2, -0.15) is 8.42 Å². The van der Waals surface area contributed by atoms with Crippen LogP contribution in [0.4, 0.5) is 0 Å². The van der Waals surface area contributed by atoms with Crippen LogP contribution < -0.4 is 10.1 Å². The molecular formula is C13H17NO7S. The Morgan fingerprint density at radius 2 is 1.95 bits per heavy atom. The van der Waals surface area contributed by atoms with E-state index in [0.29, 0.717) is 6.61 Å². The van der Waals surface area contributed by atoms with Gasteiger partial charge in [0.15, 0.2) is 0 Å². The van der Waals surface area contributed by atoms with Gasteiger partial charge in [0.2, 0.25) is 0 Å². The molecule has 0 fully saturated rings. The van der Waals surface area contributed by atoms with Gasteiger partial charge in [-0.3, -0.25) is 9.35 Å². The molecule has 8 nitrogen and oxygen atoms in total. The molecule has 0 saturated heterocycles. The Bertz CT molecular complexity index is 642. The monoisotopic (exact) mass is 331 g/mol. The molecule has 0 aromatic heterocycles. The van der Waals surface area contributed by atoms with Crippen LogP contribution in [0.25, 0.3) is 0 Å². The molecule has 0 radical (unpaired) electrons. The van der Waals surface area contributed by atoms with Crippen molar-refractivity contribution in [2.24, 2.45) is 0 Å². The minimum atomic E-state index is -4.55. The summed E-state index contributed by atoms with van der Waals surface area (Å²) in [5.41, 5.74) is 0.0811. The molecule has 22 heavy (non-hydrogen) atoms. The lowest BCUT2D eigenvalue weighted by Crippen LogP contribution is -2.45. The van der Waals surface area contributed by atoms with Crippen LogP contribution in [0.1, 0.15) is 23.7 Å². The summed E-state index contributed by atoms with van der Waals surface area (Å²) in [6.45, 7) is 2.26. The molecule has 1 unspecified atom stereocenters. The van der Waals surface area contributed by atoms with Gasteiger partial charge >= 0.3 is 5.97 Å². The fourth-order valence-electron chi connectivity index (χ4n) is 1.61. The minimum absolute atomic E-state index is 0.0811. The summed E-state index contributed by atoms with van der Waals surface area (Å²) in [4.78, 5) is 23.1. The third-order valence-corrected chi connectivity index (χ3v) is 3.33. The molecule has 1 amide bonds. The zero-order valence-corrected chi connectivity index (χ0v) is 12.7. The van der Waals surface area contributed by atoms with Gasteiger partial charge in [0.1, 0.15) is 17.5 Å². The lowest BCUT2D eigenvalue weighted by atomic mass is 10.1. The fraction of sp³-hybridized carbons (Fsp3) is 0.385. The molecule has 0 heterocycles. The van der Waals surface area contributed by atoms with Gasteiger partial charge in [0.25, 0.3) is 16.0 Å². The first-order valence-corrected chi connectivity index (χ1v) is 8.06. The van der Waals surface area contributed by atoms with E-state index >= 15 is 0 Å². The molecule has 122 valence electrons. The van der Waals surface area contributed by atoms with Crippen molar-refractivity contribution >= 4 is 22.0 Å². The Hall–Kier alpha value is -2.13. The summed E-state index contributed by atoms with van der Waals surface area (Å²) in [6.07, 6.45) is 0.719. The second-order valence-corrected chi connectivity index (χ2v) is 5.95. The SMILES string of the molecule is CCCOc1ccccc1C(=O)NC(CS(=O)(=O)O)C(=O)O. The van der Waals surface area contributed by atoms with E-state index in [-0.39, 0.29) is 11.3 Å². The van der Waals surface area contributed by atoms with Gasteiger partial charge < -0.3 is 15.2 Å². The van der Waals surface area contributed by atoms with E-state index in [2.05, 4.69) is 0 Å². The van der Waals surface area contributed by atoms with Crippen molar-refractivity contribution in [2.45, 2.75) is 19.4 Å². The third-order valence-electron chi connectivity index (χ3n) is 2.57. The number of ether oxygens (including phenoxy) is 1. The van der Waals surface area contributed by atoms with Crippen molar-refractivity contribution in [1.82, 2.24) is 5.32 Å². The Kier molecular flexibility index (Phi) is 6.32. The molecule has 0 bridgehead atoms. The lowest BCUT2D eigenvalue weighted by Gasteiger charge is -2.15. The number of carboxylic acid groups (broad SMARTS) is 1. The van der Waals surface area contributed by atoms with Crippen LogP contribution >= 0.6 is 0 Å². The van der Waals surface area contributed by atoms with E-state index in [9.17, 15) is 18.0 Å². The van der Waals surface area contributed by atoms with Crippen LogP contribution in [-0.4, -0.2) is 48.4 Å². The van der Waals surface area contributed by atoms with Crippen LogP contribution in [0.3, 0.4) is 0 Å². The molecule has 1 rings (SSSR count). The van der Waals surface area contributed by atoms with Crippen LogP contribution in [-0.2, 0) is 14.9 Å². The second-order valence-electron chi connectivity index (χ2n) is 4.46. The summed E-state index contributed by atoms with van der Waals surface area (Å²) in [6, 6.07) is 4.42. The van der Waals surface area contributed by atoms with Crippen LogP contribution in [0, 0.1) is 0 Å². The average molecular weight is 331 g/mol. The van der Waals surface area contributed by atoms with Crippen molar-refractivity contribution in [3.8, 4) is 5.75 Å². The maximum absolute atomic E-state index is 12.1. The highest BCUT2D eigenvalue weighted by molar-refractivity contribution is 7.85. The van der Waals surface area contributed by atoms with E-state index in [1.54, 1.807) is 18.2 Å².